The fraction of sp³-hybridized carbons (Fsp3) is 0.591. The van der Waals surface area contributed by atoms with E-state index in [0.717, 1.165) is 12.1 Å². The van der Waals surface area contributed by atoms with Gasteiger partial charge >= 0.3 is 6.09 Å². The number of aryl methyl sites for hydroxylation is 1. The highest BCUT2D eigenvalue weighted by Crippen LogP contribution is 2.39. The van der Waals surface area contributed by atoms with Crippen LogP contribution in [0, 0.1) is 0 Å². The Hall–Kier alpha value is -2.39. The smallest absolute Gasteiger partial charge is 0.410 e. The first kappa shape index (κ1) is 24.9. The van der Waals surface area contributed by atoms with Crippen molar-refractivity contribution in [1.29, 1.82) is 0 Å². The van der Waals surface area contributed by atoms with E-state index in [1.54, 1.807) is 29.6 Å². The van der Waals surface area contributed by atoms with Crippen LogP contribution in [-0.4, -0.2) is 60.1 Å². The molecule has 2 heterocycles. The number of nitrogens with zero attached hydrogens (tertiary/aromatic N) is 3. The van der Waals surface area contributed by atoms with E-state index in [1.165, 1.54) is 6.08 Å². The summed E-state index contributed by atoms with van der Waals surface area (Å²) in [5.41, 5.74) is 5.97. The second kappa shape index (κ2) is 10.3. The number of rotatable bonds is 9. The Kier molecular flexibility index (Phi) is 8.25. The van der Waals surface area contributed by atoms with Gasteiger partial charge in [0.15, 0.2) is 8.32 Å². The lowest BCUT2D eigenvalue weighted by molar-refractivity contribution is -0.113. The number of ether oxygens (including phenoxy) is 1. The summed E-state index contributed by atoms with van der Waals surface area (Å²) in [7, 11) is -1.96. The summed E-state index contributed by atoms with van der Waals surface area (Å²) in [4.78, 5) is 29.6. The molecule has 2 atom stereocenters. The average molecular weight is 449 g/mol. The molecule has 0 spiro atoms. The Morgan fingerprint density at radius 1 is 1.39 bits per heavy atom. The fourth-order valence-corrected chi connectivity index (χ4v) is 4.73. The van der Waals surface area contributed by atoms with Gasteiger partial charge in [-0.1, -0.05) is 33.4 Å². The van der Waals surface area contributed by atoms with Gasteiger partial charge in [-0.25, -0.2) is 9.78 Å². The maximum atomic E-state index is 12.7. The molecule has 0 saturated carbocycles. The molecule has 1 saturated heterocycles. The van der Waals surface area contributed by atoms with Gasteiger partial charge in [-0.05, 0) is 37.0 Å². The zero-order valence-electron chi connectivity index (χ0n) is 19.3. The molecule has 172 valence electrons. The molecular formula is C22H36N4O4Si. The van der Waals surface area contributed by atoms with E-state index in [4.69, 9.17) is 14.9 Å². The number of amides is 2. The summed E-state index contributed by atoms with van der Waals surface area (Å²) in [5, 5.41) is 0.0950. The first-order chi connectivity index (χ1) is 14.4. The number of nitrogens with two attached hydrogens (primary N) is 1. The minimum Gasteiger partial charge on any atom is -0.445 e. The van der Waals surface area contributed by atoms with Gasteiger partial charge in [0.25, 0.3) is 0 Å². The number of likely N-dealkylation sites (tertiary alicyclic amines) is 1. The molecular weight excluding hydrogens is 412 g/mol. The van der Waals surface area contributed by atoms with Crippen LogP contribution in [0.25, 0.3) is 6.08 Å². The van der Waals surface area contributed by atoms with Gasteiger partial charge in [0.2, 0.25) is 5.91 Å². The normalized spacial score (nSPS) is 19.7. The van der Waals surface area contributed by atoms with E-state index < -0.39 is 14.2 Å². The molecule has 1 aromatic heterocycles. The number of imidazole rings is 1. The minimum atomic E-state index is -1.96. The molecule has 1 aromatic rings. The predicted octanol–water partition coefficient (Wildman–Crippen LogP) is 3.56. The maximum absolute atomic E-state index is 12.7. The number of hydrogen-bond acceptors (Lipinski definition) is 5. The lowest BCUT2D eigenvalue weighted by Gasteiger charge is -2.38. The van der Waals surface area contributed by atoms with Crippen LogP contribution in [0.5, 0.6) is 0 Å². The summed E-state index contributed by atoms with van der Waals surface area (Å²) in [5.74, 6) is -0.509. The van der Waals surface area contributed by atoms with Gasteiger partial charge in [-0.15, -0.1) is 0 Å². The van der Waals surface area contributed by atoms with E-state index in [9.17, 15) is 9.59 Å². The van der Waals surface area contributed by atoms with E-state index in [-0.39, 0.29) is 29.9 Å². The maximum Gasteiger partial charge on any atom is 0.410 e. The van der Waals surface area contributed by atoms with Crippen molar-refractivity contribution in [3.63, 3.8) is 0 Å². The monoisotopic (exact) mass is 448 g/mol. The third kappa shape index (κ3) is 6.80. The molecule has 2 rings (SSSR count). The third-order valence-corrected chi connectivity index (χ3v) is 10.6. The van der Waals surface area contributed by atoms with E-state index in [0.29, 0.717) is 19.5 Å². The highest BCUT2D eigenvalue weighted by Gasteiger charge is 2.43. The van der Waals surface area contributed by atoms with Crippen molar-refractivity contribution in [2.45, 2.75) is 70.4 Å². The van der Waals surface area contributed by atoms with E-state index in [1.807, 2.05) is 4.57 Å². The number of carbonyl (C=O) groups excluding carboxylic acids is 2. The van der Waals surface area contributed by atoms with E-state index >= 15 is 0 Å². The third-order valence-electron chi connectivity index (χ3n) is 6.07. The van der Waals surface area contributed by atoms with Crippen molar-refractivity contribution in [1.82, 2.24) is 14.5 Å². The van der Waals surface area contributed by atoms with Crippen molar-refractivity contribution >= 4 is 26.4 Å². The Morgan fingerprint density at radius 2 is 2.10 bits per heavy atom. The van der Waals surface area contributed by atoms with Crippen LogP contribution in [0.15, 0.2) is 31.3 Å². The van der Waals surface area contributed by atoms with Gasteiger partial charge in [0.1, 0.15) is 6.61 Å². The highest BCUT2D eigenvalue weighted by atomic mass is 28.4. The first-order valence-electron chi connectivity index (χ1n) is 10.6. The Bertz CT molecular complexity index is 813. The lowest BCUT2D eigenvalue weighted by atomic mass is 10.1. The number of primary amides is 1. The molecule has 9 heteroatoms. The second-order valence-electron chi connectivity index (χ2n) is 9.44. The standard InChI is InChI=1S/C22H36N4O4Si/c1-7-12-29-21(28)26-15-19(30-31(5,6)22(2,3)4)13-17(26)10-11-25-16-24-14-18(25)8-9-20(23)27/h7-9,14,16-17,19H,1,10-13,15H2,2-6H3,(H2,23,27)/t17-,19-/m1/s1. The Balaban J connectivity index is 2.11. The van der Waals surface area contributed by atoms with Crippen molar-refractivity contribution in [2.24, 2.45) is 5.73 Å². The van der Waals surface area contributed by atoms with Crippen LogP contribution < -0.4 is 5.73 Å². The summed E-state index contributed by atoms with van der Waals surface area (Å²) < 4.78 is 13.9. The molecule has 0 aliphatic carbocycles. The molecule has 1 fully saturated rings. The van der Waals surface area contributed by atoms with Gasteiger partial charge in [0, 0.05) is 25.2 Å². The molecule has 1 aliphatic heterocycles. The lowest BCUT2D eigenvalue weighted by Crippen LogP contribution is -2.44. The van der Waals surface area contributed by atoms with E-state index in [2.05, 4.69) is 45.4 Å². The Morgan fingerprint density at radius 3 is 2.71 bits per heavy atom. The van der Waals surface area contributed by atoms with Crippen LogP contribution in [0.2, 0.25) is 18.1 Å². The zero-order chi connectivity index (χ0) is 23.2. The SMILES string of the molecule is C=CCOC(=O)N1C[C@H](O[Si](C)(C)C(C)(C)C)C[C@H]1CCn1cncc1C=CC(N)=O. The molecule has 2 amide bonds. The quantitative estimate of drug-likeness (QED) is 0.354. The molecule has 1 aliphatic rings. The number of hydrogen-bond donors (Lipinski definition) is 1. The molecule has 0 aromatic carbocycles. The number of carbonyl (C=O) groups is 2. The van der Waals surface area contributed by atoms with Crippen LogP contribution in [0.4, 0.5) is 4.79 Å². The molecule has 0 bridgehead atoms. The van der Waals surface area contributed by atoms with Crippen molar-refractivity contribution in [3.8, 4) is 0 Å². The largest absolute Gasteiger partial charge is 0.445 e. The van der Waals surface area contributed by atoms with Gasteiger partial charge in [-0.2, -0.15) is 0 Å². The Labute approximate surface area is 186 Å². The average Bonchev–Trinajstić information content (AvgIpc) is 3.27. The topological polar surface area (TPSA) is 99.7 Å². The van der Waals surface area contributed by atoms with Crippen molar-refractivity contribution < 1.29 is 18.8 Å². The minimum absolute atomic E-state index is 0.0116. The molecule has 0 unspecified atom stereocenters. The van der Waals surface area contributed by atoms with Crippen molar-refractivity contribution in [2.75, 3.05) is 13.2 Å². The van der Waals surface area contributed by atoms with Gasteiger partial charge in [0.05, 0.1) is 24.3 Å². The molecule has 31 heavy (non-hydrogen) atoms. The first-order valence-corrected chi connectivity index (χ1v) is 13.5. The summed E-state index contributed by atoms with van der Waals surface area (Å²) in [6.45, 7) is 16.0. The molecule has 0 radical (unpaired) electrons. The number of aromatic nitrogens is 2. The van der Waals surface area contributed by atoms with Crippen LogP contribution in [0.3, 0.4) is 0 Å². The fourth-order valence-electron chi connectivity index (χ4n) is 3.38. The summed E-state index contributed by atoms with van der Waals surface area (Å²) >= 11 is 0. The van der Waals surface area contributed by atoms with Crippen molar-refractivity contribution in [3.05, 3.63) is 36.9 Å². The predicted molar refractivity (Wildman–Crippen MR) is 124 cm³/mol. The molecule has 2 N–H and O–H groups in total. The molecule has 8 nitrogen and oxygen atoms in total. The van der Waals surface area contributed by atoms with Gasteiger partial charge in [-0.3, -0.25) is 4.79 Å². The van der Waals surface area contributed by atoms with Crippen LogP contribution in [0.1, 0.15) is 39.3 Å². The summed E-state index contributed by atoms with van der Waals surface area (Å²) in [6.07, 6.45) is 9.02. The van der Waals surface area contributed by atoms with Crippen LogP contribution in [-0.2, 0) is 20.5 Å². The zero-order valence-corrected chi connectivity index (χ0v) is 20.3. The summed E-state index contributed by atoms with van der Waals surface area (Å²) in [6, 6.07) is -0.0116. The highest BCUT2D eigenvalue weighted by molar-refractivity contribution is 6.74. The van der Waals surface area contributed by atoms with Gasteiger partial charge < -0.3 is 24.4 Å². The second-order valence-corrected chi connectivity index (χ2v) is 14.2. The van der Waals surface area contributed by atoms with Crippen LogP contribution >= 0.6 is 0 Å².